The predicted octanol–water partition coefficient (Wildman–Crippen LogP) is 1.17. The monoisotopic (exact) mass is 331 g/mol. The van der Waals surface area contributed by atoms with Gasteiger partial charge in [0.25, 0.3) is 0 Å². The van der Waals surface area contributed by atoms with Gasteiger partial charge in [-0.15, -0.1) is 12.4 Å². The minimum Gasteiger partial charge on any atom is -0.379 e. The molecule has 0 aromatic carbocycles. The molecule has 0 aromatic rings. The maximum absolute atomic E-state index is 12.3. The second-order valence-electron chi connectivity index (χ2n) is 6.79. The van der Waals surface area contributed by atoms with Gasteiger partial charge < -0.3 is 15.4 Å². The average molecular weight is 332 g/mol. The summed E-state index contributed by atoms with van der Waals surface area (Å²) in [5.74, 6) is 0.425. The van der Waals surface area contributed by atoms with Crippen LogP contribution in [0.15, 0.2) is 0 Å². The molecular weight excluding hydrogens is 302 g/mol. The smallest absolute Gasteiger partial charge is 0.224 e. The Morgan fingerprint density at radius 3 is 2.59 bits per heavy atom. The minimum atomic E-state index is 0. The van der Waals surface area contributed by atoms with Gasteiger partial charge in [-0.2, -0.15) is 0 Å². The molecule has 2 saturated heterocycles. The number of morpholine rings is 1. The summed E-state index contributed by atoms with van der Waals surface area (Å²) in [5, 5.41) is 6.55. The lowest BCUT2D eigenvalue weighted by atomic mass is 9.79. The Labute approximate surface area is 139 Å². The van der Waals surface area contributed by atoms with E-state index in [1.807, 2.05) is 0 Å². The molecule has 0 radical (unpaired) electrons. The Kier molecular flexibility index (Phi) is 6.93. The van der Waals surface area contributed by atoms with Crippen molar-refractivity contribution in [3.63, 3.8) is 0 Å². The highest BCUT2D eigenvalue weighted by Gasteiger charge is 2.39. The zero-order valence-corrected chi connectivity index (χ0v) is 14.3. The van der Waals surface area contributed by atoms with E-state index in [4.69, 9.17) is 4.74 Å². The van der Waals surface area contributed by atoms with Crippen molar-refractivity contribution in [2.24, 2.45) is 5.92 Å². The lowest BCUT2D eigenvalue weighted by Crippen LogP contribution is -2.60. The molecule has 1 amide bonds. The number of ether oxygens (including phenoxy) is 1. The van der Waals surface area contributed by atoms with E-state index < -0.39 is 0 Å². The van der Waals surface area contributed by atoms with Gasteiger partial charge in [-0.25, -0.2) is 0 Å². The third kappa shape index (κ3) is 4.13. The van der Waals surface area contributed by atoms with E-state index in [9.17, 15) is 4.79 Å². The lowest BCUT2D eigenvalue weighted by Gasteiger charge is -2.48. The number of nitrogens with zero attached hydrogens (tertiary/aromatic N) is 1. The quantitative estimate of drug-likeness (QED) is 0.812. The molecule has 5 nitrogen and oxygen atoms in total. The maximum Gasteiger partial charge on any atom is 0.224 e. The van der Waals surface area contributed by atoms with Crippen molar-refractivity contribution in [3.05, 3.63) is 0 Å². The number of rotatable bonds is 4. The summed E-state index contributed by atoms with van der Waals surface area (Å²) < 4.78 is 5.51. The Balaban J connectivity index is 0.00000176. The van der Waals surface area contributed by atoms with Crippen molar-refractivity contribution < 1.29 is 9.53 Å². The minimum absolute atomic E-state index is 0. The summed E-state index contributed by atoms with van der Waals surface area (Å²) in [6, 6.07) is 0. The molecule has 1 aliphatic carbocycles. The third-order valence-electron chi connectivity index (χ3n) is 5.49. The summed E-state index contributed by atoms with van der Waals surface area (Å²) in [6.07, 6.45) is 7.34. The molecule has 1 saturated carbocycles. The standard InChI is InChI=1S/C16H29N3O2.ClH/c20-15(14-4-7-17-12-14)18-13-16(5-2-1-3-6-16)19-8-10-21-11-9-19;/h14,17H,1-13H2,(H,18,20);1H. The Bertz CT molecular complexity index is 349. The first-order valence-electron chi connectivity index (χ1n) is 8.61. The summed E-state index contributed by atoms with van der Waals surface area (Å²) in [6.45, 7) is 6.34. The number of amides is 1. The molecule has 3 fully saturated rings. The van der Waals surface area contributed by atoms with Gasteiger partial charge in [0.15, 0.2) is 0 Å². The molecule has 2 aliphatic heterocycles. The normalized spacial score (nSPS) is 28.8. The number of hydrogen-bond donors (Lipinski definition) is 2. The highest BCUT2D eigenvalue weighted by atomic mass is 35.5. The van der Waals surface area contributed by atoms with Crippen molar-refractivity contribution in [3.8, 4) is 0 Å². The summed E-state index contributed by atoms with van der Waals surface area (Å²) in [7, 11) is 0. The number of hydrogen-bond acceptors (Lipinski definition) is 4. The van der Waals surface area contributed by atoms with E-state index in [-0.39, 0.29) is 29.8 Å². The largest absolute Gasteiger partial charge is 0.379 e. The summed E-state index contributed by atoms with van der Waals surface area (Å²) in [4.78, 5) is 14.9. The predicted molar refractivity (Wildman–Crippen MR) is 89.4 cm³/mol. The molecule has 128 valence electrons. The number of nitrogens with one attached hydrogen (secondary N) is 2. The first-order valence-corrected chi connectivity index (χ1v) is 8.61. The fourth-order valence-electron chi connectivity index (χ4n) is 4.13. The van der Waals surface area contributed by atoms with Crippen molar-refractivity contribution in [1.29, 1.82) is 0 Å². The fraction of sp³-hybridized carbons (Fsp3) is 0.938. The molecule has 3 aliphatic rings. The molecule has 6 heteroatoms. The van der Waals surface area contributed by atoms with Gasteiger partial charge >= 0.3 is 0 Å². The van der Waals surface area contributed by atoms with Crippen LogP contribution in [-0.2, 0) is 9.53 Å². The Hall–Kier alpha value is -0.360. The molecule has 0 bridgehead atoms. The van der Waals surface area contributed by atoms with Gasteiger partial charge in [-0.05, 0) is 25.8 Å². The van der Waals surface area contributed by atoms with Crippen LogP contribution in [0.1, 0.15) is 38.5 Å². The number of carbonyl (C=O) groups excluding carboxylic acids is 1. The molecular formula is C16H30ClN3O2. The summed E-state index contributed by atoms with van der Waals surface area (Å²) >= 11 is 0. The van der Waals surface area contributed by atoms with Crippen LogP contribution in [0.25, 0.3) is 0 Å². The van der Waals surface area contributed by atoms with Crippen LogP contribution in [0, 0.1) is 5.92 Å². The van der Waals surface area contributed by atoms with Crippen molar-refractivity contribution in [2.45, 2.75) is 44.1 Å². The van der Waals surface area contributed by atoms with Crippen LogP contribution in [0.5, 0.6) is 0 Å². The van der Waals surface area contributed by atoms with E-state index in [2.05, 4.69) is 15.5 Å². The second-order valence-corrected chi connectivity index (χ2v) is 6.79. The zero-order valence-electron chi connectivity index (χ0n) is 13.4. The van der Waals surface area contributed by atoms with Gasteiger partial charge in [0.2, 0.25) is 5.91 Å². The SMILES string of the molecule is Cl.O=C(NCC1(N2CCOCC2)CCCCC1)C1CCNC1. The van der Waals surface area contributed by atoms with Crippen molar-refractivity contribution in [1.82, 2.24) is 15.5 Å². The van der Waals surface area contributed by atoms with Crippen LogP contribution < -0.4 is 10.6 Å². The van der Waals surface area contributed by atoms with Crippen LogP contribution in [0.3, 0.4) is 0 Å². The van der Waals surface area contributed by atoms with E-state index >= 15 is 0 Å². The van der Waals surface area contributed by atoms with Crippen molar-refractivity contribution >= 4 is 18.3 Å². The molecule has 0 spiro atoms. The van der Waals surface area contributed by atoms with Gasteiger partial charge in [-0.1, -0.05) is 19.3 Å². The molecule has 22 heavy (non-hydrogen) atoms. The third-order valence-corrected chi connectivity index (χ3v) is 5.49. The Morgan fingerprint density at radius 1 is 1.23 bits per heavy atom. The fourth-order valence-corrected chi connectivity index (χ4v) is 4.13. The maximum atomic E-state index is 12.3. The average Bonchev–Trinajstić information content (AvgIpc) is 3.09. The molecule has 2 heterocycles. The van der Waals surface area contributed by atoms with E-state index in [1.54, 1.807) is 0 Å². The Morgan fingerprint density at radius 2 is 1.95 bits per heavy atom. The van der Waals surface area contributed by atoms with Crippen LogP contribution >= 0.6 is 12.4 Å². The van der Waals surface area contributed by atoms with Gasteiger partial charge in [0, 0.05) is 31.7 Å². The van der Waals surface area contributed by atoms with Crippen LogP contribution in [-0.4, -0.2) is 62.3 Å². The molecule has 1 unspecified atom stereocenters. The van der Waals surface area contributed by atoms with Crippen LogP contribution in [0.2, 0.25) is 0 Å². The van der Waals surface area contributed by atoms with E-state index in [0.717, 1.165) is 52.4 Å². The highest BCUT2D eigenvalue weighted by Crippen LogP contribution is 2.34. The first kappa shape index (κ1) is 18.0. The molecule has 2 N–H and O–H groups in total. The first-order chi connectivity index (χ1) is 10.3. The zero-order chi connectivity index (χ0) is 14.5. The lowest BCUT2D eigenvalue weighted by molar-refractivity contribution is -0.125. The van der Waals surface area contributed by atoms with Gasteiger partial charge in [-0.3, -0.25) is 9.69 Å². The summed E-state index contributed by atoms with van der Waals surface area (Å²) in [5.41, 5.74) is 0.184. The topological polar surface area (TPSA) is 53.6 Å². The van der Waals surface area contributed by atoms with E-state index in [1.165, 1.54) is 32.1 Å². The van der Waals surface area contributed by atoms with Gasteiger partial charge in [0.1, 0.15) is 0 Å². The second kappa shape index (κ2) is 8.48. The number of carbonyl (C=O) groups is 1. The number of halogens is 1. The molecule has 1 atom stereocenters. The van der Waals surface area contributed by atoms with Gasteiger partial charge in [0.05, 0.1) is 19.1 Å². The molecule has 3 rings (SSSR count). The van der Waals surface area contributed by atoms with Crippen LogP contribution in [0.4, 0.5) is 0 Å². The molecule has 0 aromatic heterocycles. The van der Waals surface area contributed by atoms with E-state index in [0.29, 0.717) is 0 Å². The van der Waals surface area contributed by atoms with Crippen molar-refractivity contribution in [2.75, 3.05) is 45.9 Å². The highest BCUT2D eigenvalue weighted by molar-refractivity contribution is 5.85.